The van der Waals surface area contributed by atoms with Gasteiger partial charge in [0.2, 0.25) is 5.91 Å². The lowest BCUT2D eigenvalue weighted by molar-refractivity contribution is -0.117. The lowest BCUT2D eigenvalue weighted by Gasteiger charge is -2.35. The summed E-state index contributed by atoms with van der Waals surface area (Å²) in [5.74, 6) is 1.80. The highest BCUT2D eigenvalue weighted by molar-refractivity contribution is 6.30. The number of piperazine rings is 1. The van der Waals surface area contributed by atoms with Gasteiger partial charge in [0.05, 0.1) is 6.54 Å². The Balaban J connectivity index is 1.51. The van der Waals surface area contributed by atoms with Crippen LogP contribution in [0.3, 0.4) is 0 Å². The zero-order valence-electron chi connectivity index (χ0n) is 16.1. The third kappa shape index (κ3) is 5.40. The summed E-state index contributed by atoms with van der Waals surface area (Å²) in [5.41, 5.74) is 0.691. The van der Waals surface area contributed by atoms with Gasteiger partial charge in [-0.2, -0.15) is 0 Å². The number of aromatic nitrogens is 2. The molecule has 0 unspecified atom stereocenters. The SMILES string of the molecule is CC(C)(C)c1nccc(N2CCN(CC(=O)Nc3ccc(Cl)cc3)CC2)n1. The number of benzene rings is 1. The van der Waals surface area contributed by atoms with Crippen molar-refractivity contribution in [1.29, 1.82) is 0 Å². The molecule has 1 aliphatic rings. The summed E-state index contributed by atoms with van der Waals surface area (Å²) in [6.45, 7) is 10.1. The van der Waals surface area contributed by atoms with Crippen molar-refractivity contribution in [2.24, 2.45) is 0 Å². The quantitative estimate of drug-likeness (QED) is 0.872. The van der Waals surface area contributed by atoms with Crippen molar-refractivity contribution < 1.29 is 4.79 Å². The molecule has 1 aromatic carbocycles. The number of anilines is 2. The van der Waals surface area contributed by atoms with E-state index in [9.17, 15) is 4.79 Å². The molecule has 0 aliphatic carbocycles. The second-order valence-electron chi connectivity index (χ2n) is 7.81. The summed E-state index contributed by atoms with van der Waals surface area (Å²) in [6, 6.07) is 9.10. The molecule has 2 heterocycles. The molecule has 0 bridgehead atoms. The largest absolute Gasteiger partial charge is 0.354 e. The third-order valence-electron chi connectivity index (χ3n) is 4.50. The first-order valence-corrected chi connectivity index (χ1v) is 9.55. The van der Waals surface area contributed by atoms with Crippen molar-refractivity contribution in [2.75, 3.05) is 42.9 Å². The minimum Gasteiger partial charge on any atom is -0.354 e. The van der Waals surface area contributed by atoms with E-state index in [0.29, 0.717) is 11.6 Å². The van der Waals surface area contributed by atoms with Gasteiger partial charge in [-0.25, -0.2) is 9.97 Å². The topological polar surface area (TPSA) is 61.4 Å². The number of amides is 1. The van der Waals surface area contributed by atoms with Crippen LogP contribution in [0, 0.1) is 0 Å². The highest BCUT2D eigenvalue weighted by Crippen LogP contribution is 2.21. The number of carbonyl (C=O) groups excluding carboxylic acids is 1. The smallest absolute Gasteiger partial charge is 0.238 e. The fourth-order valence-corrected chi connectivity index (χ4v) is 3.08. The Bertz CT molecular complexity index is 780. The van der Waals surface area contributed by atoms with Gasteiger partial charge in [0, 0.05) is 48.5 Å². The molecule has 1 amide bonds. The first-order chi connectivity index (χ1) is 12.8. The first-order valence-electron chi connectivity index (χ1n) is 9.17. The van der Waals surface area contributed by atoms with Crippen LogP contribution >= 0.6 is 11.6 Å². The van der Waals surface area contributed by atoms with Crippen LogP contribution in [0.15, 0.2) is 36.5 Å². The van der Waals surface area contributed by atoms with E-state index in [-0.39, 0.29) is 11.3 Å². The molecule has 1 saturated heterocycles. The number of nitrogens with one attached hydrogen (secondary N) is 1. The number of hydrogen-bond donors (Lipinski definition) is 1. The monoisotopic (exact) mass is 387 g/mol. The normalized spacial score (nSPS) is 15.6. The second-order valence-corrected chi connectivity index (χ2v) is 8.24. The zero-order valence-corrected chi connectivity index (χ0v) is 16.8. The molecule has 2 aromatic rings. The molecule has 6 nitrogen and oxygen atoms in total. The summed E-state index contributed by atoms with van der Waals surface area (Å²) in [4.78, 5) is 25.8. The molecule has 1 N–H and O–H groups in total. The Morgan fingerprint density at radius 3 is 2.41 bits per heavy atom. The van der Waals surface area contributed by atoms with E-state index >= 15 is 0 Å². The maximum absolute atomic E-state index is 12.3. The first kappa shape index (κ1) is 19.6. The van der Waals surface area contributed by atoms with Crippen molar-refractivity contribution in [3.8, 4) is 0 Å². The Kier molecular flexibility index (Phi) is 5.97. The molecule has 0 atom stereocenters. The van der Waals surface area contributed by atoms with Gasteiger partial charge in [-0.1, -0.05) is 32.4 Å². The van der Waals surface area contributed by atoms with Gasteiger partial charge in [-0.3, -0.25) is 9.69 Å². The van der Waals surface area contributed by atoms with E-state index in [1.165, 1.54) is 0 Å². The summed E-state index contributed by atoms with van der Waals surface area (Å²) in [5, 5.41) is 3.57. The van der Waals surface area contributed by atoms with Gasteiger partial charge < -0.3 is 10.2 Å². The van der Waals surface area contributed by atoms with Crippen molar-refractivity contribution in [3.05, 3.63) is 47.4 Å². The van der Waals surface area contributed by atoms with Crippen molar-refractivity contribution >= 4 is 29.0 Å². The van der Waals surface area contributed by atoms with E-state index in [1.54, 1.807) is 24.3 Å². The molecule has 0 spiro atoms. The Labute approximate surface area is 165 Å². The summed E-state index contributed by atoms with van der Waals surface area (Å²) in [6.07, 6.45) is 1.83. The molecule has 1 fully saturated rings. The maximum atomic E-state index is 12.3. The average molecular weight is 388 g/mol. The molecule has 0 radical (unpaired) electrons. The Morgan fingerprint density at radius 1 is 1.11 bits per heavy atom. The van der Waals surface area contributed by atoms with Crippen LogP contribution in [-0.2, 0) is 10.2 Å². The zero-order chi connectivity index (χ0) is 19.4. The molecule has 3 rings (SSSR count). The van der Waals surface area contributed by atoms with Crippen LogP contribution in [-0.4, -0.2) is 53.5 Å². The van der Waals surface area contributed by atoms with Crippen molar-refractivity contribution in [2.45, 2.75) is 26.2 Å². The van der Waals surface area contributed by atoms with E-state index in [4.69, 9.17) is 16.6 Å². The molecule has 144 valence electrons. The summed E-state index contributed by atoms with van der Waals surface area (Å²) >= 11 is 5.87. The van der Waals surface area contributed by atoms with Gasteiger partial charge in [-0.15, -0.1) is 0 Å². The second kappa shape index (κ2) is 8.23. The lowest BCUT2D eigenvalue weighted by atomic mass is 9.96. The van der Waals surface area contributed by atoms with E-state index in [0.717, 1.165) is 43.5 Å². The van der Waals surface area contributed by atoms with E-state index in [2.05, 4.69) is 40.9 Å². The number of halogens is 1. The van der Waals surface area contributed by atoms with Crippen molar-refractivity contribution in [1.82, 2.24) is 14.9 Å². The number of rotatable bonds is 4. The summed E-state index contributed by atoms with van der Waals surface area (Å²) < 4.78 is 0. The standard InChI is InChI=1S/C20H26ClN5O/c1-20(2,3)19-22-9-8-17(24-19)26-12-10-25(11-13-26)14-18(27)23-16-6-4-15(21)5-7-16/h4-9H,10-14H2,1-3H3,(H,23,27). The summed E-state index contributed by atoms with van der Waals surface area (Å²) in [7, 11) is 0. The Hall–Kier alpha value is -2.18. The number of hydrogen-bond acceptors (Lipinski definition) is 5. The minimum absolute atomic E-state index is 0.0113. The van der Waals surface area contributed by atoms with Gasteiger partial charge in [0.1, 0.15) is 11.6 Å². The predicted molar refractivity (Wildman–Crippen MR) is 109 cm³/mol. The highest BCUT2D eigenvalue weighted by atomic mass is 35.5. The molecule has 7 heteroatoms. The van der Waals surface area contributed by atoms with Crippen molar-refractivity contribution in [3.63, 3.8) is 0 Å². The van der Waals surface area contributed by atoms with Crippen LogP contribution < -0.4 is 10.2 Å². The molecular formula is C20H26ClN5O. The van der Waals surface area contributed by atoms with Gasteiger partial charge in [0.25, 0.3) is 0 Å². The van der Waals surface area contributed by atoms with Crippen LogP contribution in [0.2, 0.25) is 5.02 Å². The molecule has 0 saturated carbocycles. The fraction of sp³-hybridized carbons (Fsp3) is 0.450. The third-order valence-corrected chi connectivity index (χ3v) is 4.76. The maximum Gasteiger partial charge on any atom is 0.238 e. The number of nitrogens with zero attached hydrogens (tertiary/aromatic N) is 4. The van der Waals surface area contributed by atoms with Crippen LogP contribution in [0.4, 0.5) is 11.5 Å². The average Bonchev–Trinajstić information content (AvgIpc) is 2.64. The lowest BCUT2D eigenvalue weighted by Crippen LogP contribution is -2.49. The molecule has 1 aromatic heterocycles. The fourth-order valence-electron chi connectivity index (χ4n) is 2.96. The number of carbonyl (C=O) groups is 1. The molecule has 27 heavy (non-hydrogen) atoms. The van der Waals surface area contributed by atoms with Gasteiger partial charge in [-0.05, 0) is 30.3 Å². The van der Waals surface area contributed by atoms with Gasteiger partial charge in [0.15, 0.2) is 0 Å². The molecular weight excluding hydrogens is 362 g/mol. The predicted octanol–water partition coefficient (Wildman–Crippen LogP) is 3.19. The van der Waals surface area contributed by atoms with E-state index < -0.39 is 0 Å². The van der Waals surface area contributed by atoms with Crippen LogP contribution in [0.25, 0.3) is 0 Å². The Morgan fingerprint density at radius 2 is 1.78 bits per heavy atom. The minimum atomic E-state index is -0.0718. The van der Waals surface area contributed by atoms with E-state index in [1.807, 2.05) is 12.3 Å². The van der Waals surface area contributed by atoms with Gasteiger partial charge >= 0.3 is 0 Å². The van der Waals surface area contributed by atoms with Crippen LogP contribution in [0.5, 0.6) is 0 Å². The highest BCUT2D eigenvalue weighted by Gasteiger charge is 2.22. The molecule has 1 aliphatic heterocycles. The van der Waals surface area contributed by atoms with Crippen LogP contribution in [0.1, 0.15) is 26.6 Å².